The fraction of sp³-hybridized carbons (Fsp3) is 0.300. The lowest BCUT2D eigenvalue weighted by Gasteiger charge is -2.45. The van der Waals surface area contributed by atoms with E-state index in [0.717, 1.165) is 12.3 Å². The highest BCUT2D eigenvalue weighted by Gasteiger charge is 2.45. The van der Waals surface area contributed by atoms with Crippen LogP contribution in [-0.4, -0.2) is 49.8 Å². The Labute approximate surface area is 177 Å². The van der Waals surface area contributed by atoms with Crippen molar-refractivity contribution in [3.63, 3.8) is 0 Å². The third kappa shape index (κ3) is 3.22. The van der Waals surface area contributed by atoms with Gasteiger partial charge in [0.1, 0.15) is 11.9 Å². The van der Waals surface area contributed by atoms with Gasteiger partial charge in [-0.15, -0.1) is 10.2 Å². The van der Waals surface area contributed by atoms with Gasteiger partial charge in [0, 0.05) is 18.3 Å². The van der Waals surface area contributed by atoms with Gasteiger partial charge in [0.05, 0.1) is 24.8 Å². The number of hydrogen-bond acceptors (Lipinski definition) is 5. The molecule has 0 aliphatic carbocycles. The number of pyridine rings is 1. The Morgan fingerprint density at radius 3 is 2.53 bits per heavy atom. The Bertz CT molecular complexity index is 1190. The van der Waals surface area contributed by atoms with E-state index < -0.39 is 47.1 Å². The average molecular weight is 451 g/mol. The number of alkyl halides is 3. The summed E-state index contributed by atoms with van der Waals surface area (Å²) in [5, 5.41) is 8.29. The monoisotopic (exact) mass is 451 g/mol. The molecule has 2 bridgehead atoms. The first kappa shape index (κ1) is 20.5. The van der Waals surface area contributed by atoms with Crippen molar-refractivity contribution in [1.29, 1.82) is 0 Å². The maximum Gasteiger partial charge on any atom is 0.436 e. The van der Waals surface area contributed by atoms with Crippen LogP contribution < -0.4 is 0 Å². The second kappa shape index (κ2) is 7.33. The number of carbonyl (C=O) groups excluding carboxylic acids is 1. The van der Waals surface area contributed by atoms with Crippen molar-refractivity contribution < 1.29 is 31.5 Å². The third-order valence-corrected chi connectivity index (χ3v) is 5.51. The maximum absolute atomic E-state index is 14.6. The first-order valence-corrected chi connectivity index (χ1v) is 9.57. The molecule has 0 unspecified atom stereocenters. The molecule has 0 saturated carbocycles. The summed E-state index contributed by atoms with van der Waals surface area (Å²) in [6, 6.07) is 5.20. The SMILES string of the molecule is O=C(c1ccnc(C(F)(F)F)c1F)N1[C@H]2COC[C@@H]1c1nnc(-c3ccc(F)cc3)n1C2. The Morgan fingerprint density at radius 2 is 1.81 bits per heavy atom. The summed E-state index contributed by atoms with van der Waals surface area (Å²) in [6.07, 6.45) is -4.28. The summed E-state index contributed by atoms with van der Waals surface area (Å²) in [5.41, 5.74) is -1.86. The second-order valence-corrected chi connectivity index (χ2v) is 7.44. The Morgan fingerprint density at radius 1 is 1.06 bits per heavy atom. The number of morpholine rings is 1. The minimum absolute atomic E-state index is 0.0165. The molecule has 3 aromatic rings. The number of benzene rings is 1. The molecule has 4 heterocycles. The average Bonchev–Trinajstić information content (AvgIpc) is 3.16. The van der Waals surface area contributed by atoms with Crippen molar-refractivity contribution in [2.24, 2.45) is 0 Å². The predicted molar refractivity (Wildman–Crippen MR) is 98.1 cm³/mol. The lowest BCUT2D eigenvalue weighted by molar-refractivity contribution is -0.143. The van der Waals surface area contributed by atoms with Crippen LogP contribution in [0.25, 0.3) is 11.4 Å². The molecule has 32 heavy (non-hydrogen) atoms. The maximum atomic E-state index is 14.6. The molecule has 2 aliphatic rings. The van der Waals surface area contributed by atoms with E-state index in [1.54, 1.807) is 16.7 Å². The standard InChI is InChI=1S/C20H14F5N5O2/c21-11-3-1-10(2-4-11)17-27-28-18-14-9-32-8-12(7-29(17)18)30(14)19(31)13-5-6-26-16(15(13)22)20(23,24)25/h1-6,12,14H,7-9H2/t12-,14-/m1/s1. The molecule has 1 fully saturated rings. The van der Waals surface area contributed by atoms with Crippen LogP contribution in [0.15, 0.2) is 36.5 Å². The van der Waals surface area contributed by atoms with Gasteiger partial charge >= 0.3 is 6.18 Å². The number of ether oxygens (including phenoxy) is 1. The fourth-order valence-electron chi connectivity index (χ4n) is 4.09. The second-order valence-electron chi connectivity index (χ2n) is 7.44. The van der Waals surface area contributed by atoms with E-state index in [-0.39, 0.29) is 19.8 Å². The number of amides is 1. The molecule has 1 saturated heterocycles. The van der Waals surface area contributed by atoms with Gasteiger partial charge in [-0.25, -0.2) is 13.8 Å². The van der Waals surface area contributed by atoms with Crippen LogP contribution in [0.3, 0.4) is 0 Å². The van der Waals surface area contributed by atoms with E-state index in [1.165, 1.54) is 17.0 Å². The van der Waals surface area contributed by atoms with E-state index in [0.29, 0.717) is 17.2 Å². The van der Waals surface area contributed by atoms with Gasteiger partial charge in [0.2, 0.25) is 0 Å². The summed E-state index contributed by atoms with van der Waals surface area (Å²) in [6.45, 7) is 0.292. The van der Waals surface area contributed by atoms with Crippen LogP contribution in [-0.2, 0) is 17.5 Å². The smallest absolute Gasteiger partial charge is 0.377 e. The molecule has 1 amide bonds. The van der Waals surface area contributed by atoms with E-state index in [2.05, 4.69) is 15.2 Å². The summed E-state index contributed by atoms with van der Waals surface area (Å²) in [4.78, 5) is 17.5. The summed E-state index contributed by atoms with van der Waals surface area (Å²) >= 11 is 0. The van der Waals surface area contributed by atoms with Gasteiger partial charge in [-0.3, -0.25) is 4.79 Å². The molecule has 2 aromatic heterocycles. The molecule has 0 N–H and O–H groups in total. The predicted octanol–water partition coefficient (Wildman–Crippen LogP) is 3.23. The van der Waals surface area contributed by atoms with Crippen molar-refractivity contribution in [1.82, 2.24) is 24.6 Å². The number of nitrogens with zero attached hydrogens (tertiary/aromatic N) is 5. The number of rotatable bonds is 2. The zero-order valence-electron chi connectivity index (χ0n) is 16.2. The van der Waals surface area contributed by atoms with E-state index in [1.807, 2.05) is 0 Å². The van der Waals surface area contributed by atoms with Crippen LogP contribution in [0.5, 0.6) is 0 Å². The topological polar surface area (TPSA) is 73.1 Å². The molecular weight excluding hydrogens is 437 g/mol. The molecule has 166 valence electrons. The quantitative estimate of drug-likeness (QED) is 0.560. The number of carbonyl (C=O) groups is 1. The first-order valence-electron chi connectivity index (χ1n) is 9.57. The number of hydrogen-bond donors (Lipinski definition) is 0. The Kier molecular flexibility index (Phi) is 4.69. The fourth-order valence-corrected chi connectivity index (χ4v) is 4.09. The molecular formula is C20H14F5N5O2. The van der Waals surface area contributed by atoms with Gasteiger partial charge in [0.25, 0.3) is 5.91 Å². The highest BCUT2D eigenvalue weighted by molar-refractivity contribution is 5.95. The molecule has 0 spiro atoms. The van der Waals surface area contributed by atoms with E-state index in [4.69, 9.17) is 4.74 Å². The summed E-state index contributed by atoms with van der Waals surface area (Å²) in [5.74, 6) is -2.24. The summed E-state index contributed by atoms with van der Waals surface area (Å²) < 4.78 is 74.3. The molecule has 12 heteroatoms. The Balaban J connectivity index is 1.54. The van der Waals surface area contributed by atoms with Crippen LogP contribution in [0.1, 0.15) is 27.9 Å². The molecule has 0 radical (unpaired) electrons. The largest absolute Gasteiger partial charge is 0.436 e. The molecule has 1 aromatic carbocycles. The minimum Gasteiger partial charge on any atom is -0.377 e. The highest BCUT2D eigenvalue weighted by atomic mass is 19.4. The normalized spacial score (nSPS) is 20.2. The van der Waals surface area contributed by atoms with Gasteiger partial charge in [-0.05, 0) is 30.3 Å². The number of fused-ring (bicyclic) bond motifs is 4. The van der Waals surface area contributed by atoms with Crippen molar-refractivity contribution >= 4 is 5.91 Å². The lowest BCUT2D eigenvalue weighted by Crippen LogP contribution is -2.56. The van der Waals surface area contributed by atoms with Gasteiger partial charge in [-0.2, -0.15) is 13.2 Å². The zero-order valence-corrected chi connectivity index (χ0v) is 16.2. The van der Waals surface area contributed by atoms with E-state index in [9.17, 15) is 26.7 Å². The van der Waals surface area contributed by atoms with Crippen LogP contribution in [0, 0.1) is 11.6 Å². The molecule has 2 atom stereocenters. The van der Waals surface area contributed by atoms with Crippen molar-refractivity contribution in [2.45, 2.75) is 24.8 Å². The number of halogens is 5. The molecule has 2 aliphatic heterocycles. The third-order valence-electron chi connectivity index (χ3n) is 5.51. The highest BCUT2D eigenvalue weighted by Crippen LogP contribution is 2.37. The van der Waals surface area contributed by atoms with Crippen LogP contribution in [0.4, 0.5) is 22.0 Å². The molecule has 5 rings (SSSR count). The minimum atomic E-state index is -5.04. The van der Waals surface area contributed by atoms with Crippen molar-refractivity contribution in [3.8, 4) is 11.4 Å². The van der Waals surface area contributed by atoms with Gasteiger partial charge in [-0.1, -0.05) is 0 Å². The lowest BCUT2D eigenvalue weighted by atomic mass is 10.0. The number of aromatic nitrogens is 4. The van der Waals surface area contributed by atoms with Gasteiger partial charge in [0.15, 0.2) is 23.2 Å². The summed E-state index contributed by atoms with van der Waals surface area (Å²) in [7, 11) is 0. The van der Waals surface area contributed by atoms with Crippen molar-refractivity contribution in [2.75, 3.05) is 13.2 Å². The molecule has 7 nitrogen and oxygen atoms in total. The zero-order chi connectivity index (χ0) is 22.6. The van der Waals surface area contributed by atoms with E-state index >= 15 is 0 Å². The van der Waals surface area contributed by atoms with Crippen LogP contribution in [0.2, 0.25) is 0 Å². The first-order chi connectivity index (χ1) is 15.3. The Hall–Kier alpha value is -3.41. The van der Waals surface area contributed by atoms with Crippen LogP contribution >= 0.6 is 0 Å². The van der Waals surface area contributed by atoms with Gasteiger partial charge < -0.3 is 14.2 Å². The van der Waals surface area contributed by atoms with Crippen molar-refractivity contribution in [3.05, 3.63) is 65.2 Å².